The molecule has 9 heteroatoms. The molecule has 2 aromatic heterocycles. The number of ether oxygens (including phenoxy) is 1. The molecule has 1 aliphatic rings. The van der Waals surface area contributed by atoms with Gasteiger partial charge in [0, 0.05) is 24.5 Å². The van der Waals surface area contributed by atoms with Crippen LogP contribution in [0.15, 0.2) is 44.1 Å². The standard InChI is InChI=1S/C22H26N2O6S/c1-4-28-17-9-7-8-16-12-18(30-21(16)17)14(2)23-22(25)19-13-20(15(3)29-19)31(26,27)24-10-5-6-11-24/h7-9,12-14H,4-6,10-11H2,1-3H3,(H,23,25). The van der Waals surface area contributed by atoms with E-state index in [9.17, 15) is 13.2 Å². The highest BCUT2D eigenvalue weighted by atomic mass is 32.2. The molecule has 1 unspecified atom stereocenters. The molecule has 1 aromatic carbocycles. The van der Waals surface area contributed by atoms with Crippen LogP contribution in [0.25, 0.3) is 11.0 Å². The molecular formula is C22H26N2O6S. The molecule has 0 bridgehead atoms. The molecule has 3 heterocycles. The van der Waals surface area contributed by atoms with Crippen molar-refractivity contribution >= 4 is 26.9 Å². The molecule has 1 aliphatic heterocycles. The van der Waals surface area contributed by atoms with Crippen molar-refractivity contribution in [3.8, 4) is 5.75 Å². The first kappa shape index (κ1) is 21.5. The van der Waals surface area contributed by atoms with Crippen LogP contribution in [0.2, 0.25) is 0 Å². The SMILES string of the molecule is CCOc1cccc2cc(C(C)NC(=O)c3cc(S(=O)(=O)N4CCCC4)c(C)o3)oc12. The minimum Gasteiger partial charge on any atom is -0.490 e. The number of fused-ring (bicyclic) bond motifs is 1. The van der Waals surface area contributed by atoms with Gasteiger partial charge in [-0.15, -0.1) is 0 Å². The monoisotopic (exact) mass is 446 g/mol. The number of carbonyl (C=O) groups is 1. The molecule has 1 N–H and O–H groups in total. The van der Waals surface area contributed by atoms with E-state index in [0.29, 0.717) is 36.8 Å². The van der Waals surface area contributed by atoms with Gasteiger partial charge in [0.2, 0.25) is 10.0 Å². The fraction of sp³-hybridized carbons (Fsp3) is 0.409. The number of benzene rings is 1. The zero-order valence-electron chi connectivity index (χ0n) is 17.8. The molecule has 0 aliphatic carbocycles. The normalized spacial score (nSPS) is 16.0. The topological polar surface area (TPSA) is 102 Å². The predicted molar refractivity (Wildman–Crippen MR) is 115 cm³/mol. The van der Waals surface area contributed by atoms with Gasteiger partial charge in [0.25, 0.3) is 5.91 Å². The minimum absolute atomic E-state index is 0.0392. The number of nitrogens with zero attached hydrogens (tertiary/aromatic N) is 1. The summed E-state index contributed by atoms with van der Waals surface area (Å²) in [4.78, 5) is 12.8. The lowest BCUT2D eigenvalue weighted by Gasteiger charge is -2.14. The zero-order valence-corrected chi connectivity index (χ0v) is 18.6. The quantitative estimate of drug-likeness (QED) is 0.588. The van der Waals surface area contributed by atoms with Gasteiger partial charge in [-0.25, -0.2) is 8.42 Å². The lowest BCUT2D eigenvalue weighted by Crippen LogP contribution is -2.28. The molecule has 166 valence electrons. The highest BCUT2D eigenvalue weighted by Crippen LogP contribution is 2.31. The third-order valence-electron chi connectivity index (χ3n) is 5.38. The Kier molecular flexibility index (Phi) is 5.81. The molecule has 3 aromatic rings. The molecule has 4 rings (SSSR count). The summed E-state index contributed by atoms with van der Waals surface area (Å²) in [6.45, 7) is 6.73. The van der Waals surface area contributed by atoms with E-state index in [4.69, 9.17) is 13.6 Å². The van der Waals surface area contributed by atoms with E-state index >= 15 is 0 Å². The molecule has 1 fully saturated rings. The summed E-state index contributed by atoms with van der Waals surface area (Å²) >= 11 is 0. The Morgan fingerprint density at radius 1 is 1.23 bits per heavy atom. The van der Waals surface area contributed by atoms with Crippen molar-refractivity contribution in [2.24, 2.45) is 0 Å². The number of para-hydroxylation sites is 1. The van der Waals surface area contributed by atoms with Crippen molar-refractivity contribution in [1.29, 1.82) is 0 Å². The second-order valence-corrected chi connectivity index (χ2v) is 9.50. The highest BCUT2D eigenvalue weighted by molar-refractivity contribution is 7.89. The Bertz CT molecular complexity index is 1200. The number of rotatable bonds is 7. The molecule has 1 saturated heterocycles. The van der Waals surface area contributed by atoms with Crippen LogP contribution < -0.4 is 10.1 Å². The van der Waals surface area contributed by atoms with E-state index in [1.165, 1.54) is 10.4 Å². The summed E-state index contributed by atoms with van der Waals surface area (Å²) in [5, 5.41) is 3.68. The fourth-order valence-corrected chi connectivity index (χ4v) is 5.46. The molecule has 1 amide bonds. The molecular weight excluding hydrogens is 420 g/mol. The summed E-state index contributed by atoms with van der Waals surface area (Å²) in [7, 11) is -3.66. The van der Waals surface area contributed by atoms with Gasteiger partial charge in [-0.1, -0.05) is 12.1 Å². The van der Waals surface area contributed by atoms with Crippen LogP contribution in [-0.4, -0.2) is 38.3 Å². The first-order valence-corrected chi connectivity index (χ1v) is 11.8. The first-order valence-electron chi connectivity index (χ1n) is 10.4. The summed E-state index contributed by atoms with van der Waals surface area (Å²) in [5.74, 6) is 0.846. The van der Waals surface area contributed by atoms with Crippen LogP contribution in [-0.2, 0) is 10.0 Å². The summed E-state index contributed by atoms with van der Waals surface area (Å²) < 4.78 is 44.1. The maximum absolute atomic E-state index is 12.8. The van der Waals surface area contributed by atoms with Crippen LogP contribution in [0.1, 0.15) is 54.8 Å². The first-order chi connectivity index (χ1) is 14.8. The van der Waals surface area contributed by atoms with Crippen LogP contribution >= 0.6 is 0 Å². The average molecular weight is 447 g/mol. The minimum atomic E-state index is -3.66. The van der Waals surface area contributed by atoms with Crippen LogP contribution in [0, 0.1) is 6.92 Å². The Hall–Kier alpha value is -2.78. The largest absolute Gasteiger partial charge is 0.490 e. The molecule has 31 heavy (non-hydrogen) atoms. The van der Waals surface area contributed by atoms with E-state index in [0.717, 1.165) is 18.2 Å². The molecule has 1 atom stereocenters. The average Bonchev–Trinajstić information content (AvgIpc) is 3.47. The number of carbonyl (C=O) groups excluding carboxylic acids is 1. The lowest BCUT2D eigenvalue weighted by atomic mass is 10.2. The molecule has 0 spiro atoms. The maximum atomic E-state index is 12.8. The van der Waals surface area contributed by atoms with E-state index in [2.05, 4.69) is 5.32 Å². The molecule has 8 nitrogen and oxygen atoms in total. The van der Waals surface area contributed by atoms with Gasteiger partial charge >= 0.3 is 0 Å². The van der Waals surface area contributed by atoms with Gasteiger partial charge in [-0.2, -0.15) is 4.31 Å². The smallest absolute Gasteiger partial charge is 0.287 e. The third kappa shape index (κ3) is 4.07. The summed E-state index contributed by atoms with van der Waals surface area (Å²) in [6.07, 6.45) is 1.67. The van der Waals surface area contributed by atoms with Gasteiger partial charge in [0.05, 0.1) is 12.6 Å². The lowest BCUT2D eigenvalue weighted by molar-refractivity contribution is 0.0906. The van der Waals surface area contributed by atoms with E-state index < -0.39 is 22.0 Å². The van der Waals surface area contributed by atoms with E-state index in [1.807, 2.05) is 31.2 Å². The van der Waals surface area contributed by atoms with Gasteiger partial charge < -0.3 is 18.9 Å². The number of nitrogens with one attached hydrogen (secondary N) is 1. The fourth-order valence-electron chi connectivity index (χ4n) is 3.78. The second kappa shape index (κ2) is 8.39. The van der Waals surface area contributed by atoms with Gasteiger partial charge in [0.15, 0.2) is 17.1 Å². The Labute approximate surface area is 181 Å². The van der Waals surface area contributed by atoms with E-state index in [-0.39, 0.29) is 16.4 Å². The van der Waals surface area contributed by atoms with E-state index in [1.54, 1.807) is 13.8 Å². The summed E-state index contributed by atoms with van der Waals surface area (Å²) in [5.41, 5.74) is 0.619. The molecule has 0 radical (unpaired) electrons. The number of hydrogen-bond acceptors (Lipinski definition) is 6. The highest BCUT2D eigenvalue weighted by Gasteiger charge is 2.32. The van der Waals surface area contributed by atoms with Crippen molar-refractivity contribution in [2.75, 3.05) is 19.7 Å². The number of furan rings is 2. The predicted octanol–water partition coefficient (Wildman–Crippen LogP) is 4.01. The van der Waals surface area contributed by atoms with Crippen LogP contribution in [0.5, 0.6) is 5.75 Å². The third-order valence-corrected chi connectivity index (χ3v) is 7.39. The van der Waals surface area contributed by atoms with Crippen molar-refractivity contribution in [3.05, 3.63) is 47.6 Å². The molecule has 0 saturated carbocycles. The van der Waals surface area contributed by atoms with Gasteiger partial charge in [-0.3, -0.25) is 4.79 Å². The zero-order chi connectivity index (χ0) is 22.2. The second-order valence-electron chi connectivity index (χ2n) is 7.59. The number of hydrogen-bond donors (Lipinski definition) is 1. The number of sulfonamides is 1. The van der Waals surface area contributed by atoms with Gasteiger partial charge in [0.1, 0.15) is 16.4 Å². The van der Waals surface area contributed by atoms with Crippen molar-refractivity contribution in [1.82, 2.24) is 9.62 Å². The Balaban J connectivity index is 1.53. The number of aryl methyl sites for hydroxylation is 1. The van der Waals surface area contributed by atoms with Crippen LogP contribution in [0.3, 0.4) is 0 Å². The Morgan fingerprint density at radius 3 is 2.68 bits per heavy atom. The van der Waals surface area contributed by atoms with Crippen molar-refractivity contribution in [3.63, 3.8) is 0 Å². The van der Waals surface area contributed by atoms with Crippen molar-refractivity contribution < 1.29 is 26.8 Å². The van der Waals surface area contributed by atoms with Crippen LogP contribution in [0.4, 0.5) is 0 Å². The van der Waals surface area contributed by atoms with Gasteiger partial charge in [-0.05, 0) is 45.7 Å². The Morgan fingerprint density at radius 2 is 1.97 bits per heavy atom. The summed E-state index contributed by atoms with van der Waals surface area (Å²) in [6, 6.07) is 8.31. The maximum Gasteiger partial charge on any atom is 0.287 e. The number of amides is 1. The van der Waals surface area contributed by atoms with Crippen molar-refractivity contribution in [2.45, 2.75) is 44.6 Å².